The summed E-state index contributed by atoms with van der Waals surface area (Å²) >= 11 is 1.64. The highest BCUT2D eigenvalue weighted by Crippen LogP contribution is 2.19. The summed E-state index contributed by atoms with van der Waals surface area (Å²) in [7, 11) is -3.13. The van der Waals surface area contributed by atoms with Crippen molar-refractivity contribution in [3.8, 4) is 0 Å². The maximum Gasteiger partial charge on any atom is 0.234 e. The molecule has 0 saturated heterocycles. The largest absolute Gasteiger partial charge is 0.346 e. The number of nitrogens with one attached hydrogen (secondary N) is 2. The Hall–Kier alpha value is -2.03. The van der Waals surface area contributed by atoms with Crippen LogP contribution in [0.3, 0.4) is 0 Å². The molecule has 0 unspecified atom stereocenters. The fraction of sp³-hybridized carbons (Fsp3) is 0.294. The fourth-order valence-corrected chi connectivity index (χ4v) is 4.64. The van der Waals surface area contributed by atoms with Crippen molar-refractivity contribution >= 4 is 27.1 Å². The summed E-state index contributed by atoms with van der Waals surface area (Å²) in [5, 5.41) is 9.13. The van der Waals surface area contributed by atoms with Crippen LogP contribution in [0.4, 0.5) is 0 Å². The van der Waals surface area contributed by atoms with Gasteiger partial charge >= 0.3 is 0 Å². The molecule has 3 heterocycles. The van der Waals surface area contributed by atoms with Gasteiger partial charge in [0.2, 0.25) is 5.91 Å². The van der Waals surface area contributed by atoms with Gasteiger partial charge in [-0.1, -0.05) is 18.2 Å². The second-order valence-electron chi connectivity index (χ2n) is 5.80. The van der Waals surface area contributed by atoms with Crippen molar-refractivity contribution in [1.82, 2.24) is 15.6 Å². The maximum atomic E-state index is 12.3. The number of carbonyl (C=O) groups is 1. The van der Waals surface area contributed by atoms with E-state index in [1.54, 1.807) is 23.6 Å². The first kappa shape index (κ1) is 17.8. The Labute approximate surface area is 150 Å². The summed E-state index contributed by atoms with van der Waals surface area (Å²) in [6.07, 6.45) is 3.94. The van der Waals surface area contributed by atoms with Gasteiger partial charge in [-0.3, -0.25) is 9.78 Å². The third kappa shape index (κ3) is 5.22. The minimum atomic E-state index is -3.13. The van der Waals surface area contributed by atoms with Gasteiger partial charge in [0, 0.05) is 28.9 Å². The molecular formula is C17H19N3O3S2. The minimum Gasteiger partial charge on any atom is -0.346 e. The molecule has 0 radical (unpaired) electrons. The Morgan fingerprint density at radius 2 is 2.20 bits per heavy atom. The van der Waals surface area contributed by atoms with Crippen molar-refractivity contribution in [3.05, 3.63) is 64.0 Å². The average Bonchev–Trinajstić information content (AvgIpc) is 3.22. The molecule has 2 atom stereocenters. The molecule has 1 aliphatic heterocycles. The zero-order chi connectivity index (χ0) is 17.7. The van der Waals surface area contributed by atoms with Gasteiger partial charge in [0.05, 0.1) is 24.0 Å². The number of hydrogen-bond donors (Lipinski definition) is 2. The van der Waals surface area contributed by atoms with E-state index in [9.17, 15) is 13.2 Å². The van der Waals surface area contributed by atoms with Crippen molar-refractivity contribution < 1.29 is 13.2 Å². The van der Waals surface area contributed by atoms with Gasteiger partial charge in [0.15, 0.2) is 9.84 Å². The SMILES string of the molecule is O=C(CN[C@H]1C=CS(=O)(=O)C1)N[C@H](Cc1cccs1)c1ccccn1. The monoisotopic (exact) mass is 377 g/mol. The molecule has 0 spiro atoms. The van der Waals surface area contributed by atoms with E-state index < -0.39 is 9.84 Å². The predicted octanol–water partition coefficient (Wildman–Crippen LogP) is 1.44. The molecule has 0 aliphatic carbocycles. The van der Waals surface area contributed by atoms with E-state index in [1.807, 2.05) is 35.7 Å². The molecule has 2 aromatic rings. The summed E-state index contributed by atoms with van der Waals surface area (Å²) in [5.74, 6) is -0.191. The lowest BCUT2D eigenvalue weighted by atomic mass is 10.1. The lowest BCUT2D eigenvalue weighted by Gasteiger charge is -2.18. The predicted molar refractivity (Wildman–Crippen MR) is 97.9 cm³/mol. The van der Waals surface area contributed by atoms with Crippen molar-refractivity contribution in [2.24, 2.45) is 0 Å². The Bertz CT molecular complexity index is 833. The smallest absolute Gasteiger partial charge is 0.234 e. The molecular weight excluding hydrogens is 358 g/mol. The number of nitrogens with zero attached hydrogens (tertiary/aromatic N) is 1. The topological polar surface area (TPSA) is 88.2 Å². The van der Waals surface area contributed by atoms with Crippen molar-refractivity contribution in [2.45, 2.75) is 18.5 Å². The average molecular weight is 377 g/mol. The molecule has 0 saturated carbocycles. The minimum absolute atomic E-state index is 0.000848. The molecule has 0 fully saturated rings. The first-order chi connectivity index (χ1) is 12.0. The van der Waals surface area contributed by atoms with Crippen LogP contribution in [0.1, 0.15) is 16.6 Å². The Balaban J connectivity index is 1.59. The number of sulfone groups is 1. The van der Waals surface area contributed by atoms with Gasteiger partial charge < -0.3 is 10.6 Å². The fourth-order valence-electron chi connectivity index (χ4n) is 2.61. The molecule has 6 nitrogen and oxygen atoms in total. The molecule has 0 aromatic carbocycles. The molecule has 2 N–H and O–H groups in total. The van der Waals surface area contributed by atoms with Crippen LogP contribution < -0.4 is 10.6 Å². The van der Waals surface area contributed by atoms with E-state index in [0.29, 0.717) is 6.42 Å². The van der Waals surface area contributed by atoms with Gasteiger partial charge in [0.1, 0.15) is 0 Å². The zero-order valence-electron chi connectivity index (χ0n) is 13.5. The maximum absolute atomic E-state index is 12.3. The van der Waals surface area contributed by atoms with E-state index >= 15 is 0 Å². The van der Waals surface area contributed by atoms with Crippen LogP contribution in [0.15, 0.2) is 53.4 Å². The molecule has 25 heavy (non-hydrogen) atoms. The van der Waals surface area contributed by atoms with Gasteiger partial charge in [-0.05, 0) is 23.6 Å². The Morgan fingerprint density at radius 3 is 2.84 bits per heavy atom. The lowest BCUT2D eigenvalue weighted by molar-refractivity contribution is -0.121. The van der Waals surface area contributed by atoms with E-state index in [4.69, 9.17) is 0 Å². The standard InChI is InChI=1S/C17H19N3O3S2/c21-17(11-19-13-6-9-25(22,23)12-13)20-16(10-14-4-3-8-24-14)15-5-1-2-7-18-15/h1-9,13,16,19H,10-12H2,(H,20,21)/t13-,16+/m0/s1. The molecule has 132 valence electrons. The van der Waals surface area contributed by atoms with E-state index in [1.165, 1.54) is 5.41 Å². The highest BCUT2D eigenvalue weighted by atomic mass is 32.2. The zero-order valence-corrected chi connectivity index (χ0v) is 15.1. The molecule has 1 aliphatic rings. The van der Waals surface area contributed by atoms with E-state index in [-0.39, 0.29) is 30.3 Å². The number of aromatic nitrogens is 1. The van der Waals surface area contributed by atoms with Gasteiger partial charge in [-0.2, -0.15) is 0 Å². The van der Waals surface area contributed by atoms with Crippen LogP contribution in [0.25, 0.3) is 0 Å². The van der Waals surface area contributed by atoms with Crippen molar-refractivity contribution in [2.75, 3.05) is 12.3 Å². The number of pyridine rings is 1. The first-order valence-electron chi connectivity index (χ1n) is 7.89. The van der Waals surface area contributed by atoms with Crippen LogP contribution in [-0.2, 0) is 21.1 Å². The Kier molecular flexibility index (Phi) is 5.62. The number of rotatable bonds is 7. The van der Waals surface area contributed by atoms with E-state index in [0.717, 1.165) is 10.6 Å². The van der Waals surface area contributed by atoms with Crippen LogP contribution in [-0.4, -0.2) is 37.6 Å². The molecule has 0 bridgehead atoms. The number of thiophene rings is 1. The summed E-state index contributed by atoms with van der Waals surface area (Å²) in [5.41, 5.74) is 0.799. The number of carbonyl (C=O) groups excluding carboxylic acids is 1. The second-order valence-corrected chi connectivity index (χ2v) is 8.77. The van der Waals surface area contributed by atoms with Crippen LogP contribution in [0.2, 0.25) is 0 Å². The van der Waals surface area contributed by atoms with Crippen molar-refractivity contribution in [1.29, 1.82) is 0 Å². The van der Waals surface area contributed by atoms with Crippen LogP contribution >= 0.6 is 11.3 Å². The van der Waals surface area contributed by atoms with E-state index in [2.05, 4.69) is 15.6 Å². The highest BCUT2D eigenvalue weighted by molar-refractivity contribution is 7.94. The Morgan fingerprint density at radius 1 is 1.32 bits per heavy atom. The highest BCUT2D eigenvalue weighted by Gasteiger charge is 2.22. The van der Waals surface area contributed by atoms with Crippen LogP contribution in [0.5, 0.6) is 0 Å². The van der Waals surface area contributed by atoms with Crippen LogP contribution in [0, 0.1) is 0 Å². The summed E-state index contributed by atoms with van der Waals surface area (Å²) in [4.78, 5) is 17.8. The molecule has 3 rings (SSSR count). The van der Waals surface area contributed by atoms with Crippen molar-refractivity contribution in [3.63, 3.8) is 0 Å². The lowest BCUT2D eigenvalue weighted by Crippen LogP contribution is -2.41. The normalized spacial score (nSPS) is 19.6. The molecule has 1 amide bonds. The van der Waals surface area contributed by atoms with Gasteiger partial charge in [0.25, 0.3) is 0 Å². The summed E-state index contributed by atoms with van der Waals surface area (Å²) < 4.78 is 22.8. The number of amides is 1. The summed E-state index contributed by atoms with van der Waals surface area (Å²) in [6.45, 7) is 0.0539. The third-order valence-corrected chi connectivity index (χ3v) is 6.11. The molecule has 2 aromatic heterocycles. The second kappa shape index (κ2) is 7.90. The number of hydrogen-bond acceptors (Lipinski definition) is 6. The quantitative estimate of drug-likeness (QED) is 0.762. The third-order valence-electron chi connectivity index (χ3n) is 3.82. The first-order valence-corrected chi connectivity index (χ1v) is 10.5. The molecule has 8 heteroatoms. The van der Waals surface area contributed by atoms with Gasteiger partial charge in [-0.25, -0.2) is 8.42 Å². The summed E-state index contributed by atoms with van der Waals surface area (Å²) in [6, 6.07) is 9.08. The van der Waals surface area contributed by atoms with Gasteiger partial charge in [-0.15, -0.1) is 11.3 Å².